The van der Waals surface area contributed by atoms with Crippen molar-refractivity contribution in [2.45, 2.75) is 0 Å². The third-order valence-corrected chi connectivity index (χ3v) is 1.37. The molecule has 0 aromatic carbocycles. The number of nitrogens with one attached hydrogen (secondary N) is 1. The van der Waals surface area contributed by atoms with Crippen LogP contribution in [0.15, 0.2) is 18.2 Å². The molecule has 0 amide bonds. The summed E-state index contributed by atoms with van der Waals surface area (Å²) in [6.07, 6.45) is 0.712. The van der Waals surface area contributed by atoms with Crippen LogP contribution >= 0.6 is 0 Å². The van der Waals surface area contributed by atoms with E-state index in [0.29, 0.717) is 24.2 Å². The molecule has 1 rings (SSSR count). The molecule has 66 valence electrons. The van der Waals surface area contributed by atoms with E-state index in [4.69, 9.17) is 0 Å². The lowest BCUT2D eigenvalue weighted by atomic mass is 10.3. The van der Waals surface area contributed by atoms with Crippen molar-refractivity contribution in [2.24, 2.45) is 0 Å². The van der Waals surface area contributed by atoms with Crippen LogP contribution < -0.4 is 5.32 Å². The molecule has 0 aliphatic carbocycles. The van der Waals surface area contributed by atoms with Crippen molar-refractivity contribution in [3.63, 3.8) is 0 Å². The molecule has 3 nitrogen and oxygen atoms in total. The van der Waals surface area contributed by atoms with Gasteiger partial charge in [0, 0.05) is 0 Å². The molecular weight excluding hydrogens is 164 g/mol. The summed E-state index contributed by atoms with van der Waals surface area (Å²) in [6.45, 7) is 0.618. The Hall–Kier alpha value is -1.66. The van der Waals surface area contributed by atoms with Gasteiger partial charge in [-0.25, -0.2) is 4.98 Å². The fourth-order valence-electron chi connectivity index (χ4n) is 0.810. The minimum absolute atomic E-state index is 0.413. The van der Waals surface area contributed by atoms with Crippen molar-refractivity contribution in [1.82, 2.24) is 10.3 Å². The molecule has 0 radical (unpaired) electrons. The van der Waals surface area contributed by atoms with E-state index in [2.05, 4.69) is 22.1 Å². The van der Waals surface area contributed by atoms with Crippen molar-refractivity contribution in [1.29, 1.82) is 0 Å². The van der Waals surface area contributed by atoms with Crippen molar-refractivity contribution in [3.8, 4) is 11.8 Å². The molecule has 1 aromatic rings. The number of aldehydes is 1. The van der Waals surface area contributed by atoms with Crippen molar-refractivity contribution in [2.75, 3.05) is 13.6 Å². The molecule has 0 bridgehead atoms. The summed E-state index contributed by atoms with van der Waals surface area (Å²) < 4.78 is 0. The monoisotopic (exact) mass is 174 g/mol. The Morgan fingerprint density at radius 1 is 1.62 bits per heavy atom. The largest absolute Gasteiger partial charge is 0.309 e. The molecule has 13 heavy (non-hydrogen) atoms. The first-order chi connectivity index (χ1) is 6.36. The number of pyridine rings is 1. The highest BCUT2D eigenvalue weighted by Crippen LogP contribution is 1.94. The second kappa shape index (κ2) is 5.07. The Morgan fingerprint density at radius 3 is 3.15 bits per heavy atom. The van der Waals surface area contributed by atoms with Crippen LogP contribution in [0.1, 0.15) is 16.2 Å². The van der Waals surface area contributed by atoms with Crippen LogP contribution in [0.4, 0.5) is 0 Å². The van der Waals surface area contributed by atoms with Gasteiger partial charge >= 0.3 is 0 Å². The zero-order valence-electron chi connectivity index (χ0n) is 7.37. The van der Waals surface area contributed by atoms with E-state index in [1.807, 2.05) is 7.05 Å². The van der Waals surface area contributed by atoms with E-state index in [9.17, 15) is 4.79 Å². The van der Waals surface area contributed by atoms with E-state index in [1.165, 1.54) is 0 Å². The zero-order chi connectivity index (χ0) is 9.52. The predicted molar refractivity (Wildman–Crippen MR) is 50.4 cm³/mol. The minimum atomic E-state index is 0.413. The Bertz CT molecular complexity index is 349. The molecule has 1 aromatic heterocycles. The molecule has 0 saturated heterocycles. The molecule has 0 spiro atoms. The second-order valence-corrected chi connectivity index (χ2v) is 2.40. The summed E-state index contributed by atoms with van der Waals surface area (Å²) in [5, 5.41) is 2.90. The molecule has 0 aliphatic rings. The van der Waals surface area contributed by atoms with Crippen LogP contribution in [-0.2, 0) is 0 Å². The van der Waals surface area contributed by atoms with Crippen LogP contribution in [0.3, 0.4) is 0 Å². The zero-order valence-corrected chi connectivity index (χ0v) is 7.37. The Morgan fingerprint density at radius 2 is 2.46 bits per heavy atom. The van der Waals surface area contributed by atoms with Crippen molar-refractivity contribution in [3.05, 3.63) is 29.6 Å². The fourth-order valence-corrected chi connectivity index (χ4v) is 0.810. The molecule has 0 aliphatic heterocycles. The number of hydrogen-bond donors (Lipinski definition) is 1. The lowest BCUT2D eigenvalue weighted by Crippen LogP contribution is -2.04. The number of rotatable bonds is 2. The van der Waals surface area contributed by atoms with Crippen LogP contribution in [0.5, 0.6) is 0 Å². The van der Waals surface area contributed by atoms with Crippen LogP contribution in [0, 0.1) is 11.8 Å². The standard InChI is InChI=1S/C10H10N2O/c1-11-7-3-6-9-4-2-5-10(8-13)12-9/h2,4-5,8,11H,7H2,1H3. The average Bonchev–Trinajstić information content (AvgIpc) is 2.19. The Kier molecular flexibility index (Phi) is 3.68. The molecule has 0 saturated carbocycles. The summed E-state index contributed by atoms with van der Waals surface area (Å²) in [7, 11) is 1.82. The maximum Gasteiger partial charge on any atom is 0.168 e. The maximum atomic E-state index is 10.4. The van der Waals surface area contributed by atoms with E-state index in [-0.39, 0.29) is 0 Å². The van der Waals surface area contributed by atoms with Gasteiger partial charge in [-0.2, -0.15) is 0 Å². The molecule has 1 N–H and O–H groups in total. The fraction of sp³-hybridized carbons (Fsp3) is 0.200. The highest BCUT2D eigenvalue weighted by atomic mass is 16.1. The maximum absolute atomic E-state index is 10.4. The summed E-state index contributed by atoms with van der Waals surface area (Å²) in [5.41, 5.74) is 1.04. The third-order valence-electron chi connectivity index (χ3n) is 1.37. The Labute approximate surface area is 77.2 Å². The molecule has 3 heteroatoms. The molecule has 0 atom stereocenters. The van der Waals surface area contributed by atoms with E-state index in [0.717, 1.165) is 0 Å². The highest BCUT2D eigenvalue weighted by Gasteiger charge is 1.91. The quantitative estimate of drug-likeness (QED) is 0.523. The third kappa shape index (κ3) is 3.06. The highest BCUT2D eigenvalue weighted by molar-refractivity contribution is 5.71. The van der Waals surface area contributed by atoms with E-state index < -0.39 is 0 Å². The summed E-state index contributed by atoms with van der Waals surface area (Å²) in [5.74, 6) is 5.70. The van der Waals surface area contributed by atoms with Crippen molar-refractivity contribution >= 4 is 6.29 Å². The normalized spacial score (nSPS) is 8.69. The first-order valence-corrected chi connectivity index (χ1v) is 3.92. The first kappa shape index (κ1) is 9.43. The van der Waals surface area contributed by atoms with Gasteiger partial charge in [0.2, 0.25) is 0 Å². The SMILES string of the molecule is CNCC#Cc1cccc(C=O)n1. The van der Waals surface area contributed by atoms with Gasteiger partial charge in [-0.1, -0.05) is 12.0 Å². The summed E-state index contributed by atoms with van der Waals surface area (Å²) in [4.78, 5) is 14.4. The Balaban J connectivity index is 2.79. The van der Waals surface area contributed by atoms with E-state index in [1.54, 1.807) is 18.2 Å². The first-order valence-electron chi connectivity index (χ1n) is 3.92. The molecule has 0 unspecified atom stereocenters. The number of carbonyl (C=O) groups excluding carboxylic acids is 1. The summed E-state index contributed by atoms with van der Waals surface area (Å²) >= 11 is 0. The number of aromatic nitrogens is 1. The number of nitrogens with zero attached hydrogens (tertiary/aromatic N) is 1. The van der Waals surface area contributed by atoms with Gasteiger partial charge < -0.3 is 5.32 Å². The number of hydrogen-bond acceptors (Lipinski definition) is 3. The smallest absolute Gasteiger partial charge is 0.168 e. The van der Waals surface area contributed by atoms with Gasteiger partial charge in [-0.05, 0) is 25.1 Å². The topological polar surface area (TPSA) is 42.0 Å². The van der Waals surface area contributed by atoms with Gasteiger partial charge in [0.05, 0.1) is 6.54 Å². The van der Waals surface area contributed by atoms with Gasteiger partial charge in [-0.15, -0.1) is 0 Å². The molecular formula is C10H10N2O. The van der Waals surface area contributed by atoms with Gasteiger partial charge in [0.15, 0.2) is 6.29 Å². The van der Waals surface area contributed by atoms with E-state index >= 15 is 0 Å². The van der Waals surface area contributed by atoms with Gasteiger partial charge in [-0.3, -0.25) is 4.79 Å². The second-order valence-electron chi connectivity index (χ2n) is 2.40. The van der Waals surface area contributed by atoms with Crippen LogP contribution in [0.2, 0.25) is 0 Å². The lowest BCUT2D eigenvalue weighted by molar-refractivity contribution is 0.111. The van der Waals surface area contributed by atoms with Crippen LogP contribution in [-0.4, -0.2) is 24.9 Å². The minimum Gasteiger partial charge on any atom is -0.309 e. The molecule has 1 heterocycles. The number of carbonyl (C=O) groups is 1. The molecule has 0 fully saturated rings. The van der Waals surface area contributed by atoms with Gasteiger partial charge in [0.25, 0.3) is 0 Å². The van der Waals surface area contributed by atoms with Crippen LogP contribution in [0.25, 0.3) is 0 Å². The average molecular weight is 174 g/mol. The predicted octanol–water partition coefficient (Wildman–Crippen LogP) is 0.465. The lowest BCUT2D eigenvalue weighted by Gasteiger charge is -1.90. The van der Waals surface area contributed by atoms with Gasteiger partial charge in [0.1, 0.15) is 11.4 Å². The van der Waals surface area contributed by atoms with Crippen molar-refractivity contribution < 1.29 is 4.79 Å². The summed E-state index contributed by atoms with van der Waals surface area (Å²) in [6, 6.07) is 5.19.